The van der Waals surface area contributed by atoms with Gasteiger partial charge in [-0.2, -0.15) is 5.10 Å². The molecule has 6 nitrogen and oxygen atoms in total. The Balaban J connectivity index is 1.77. The van der Waals surface area contributed by atoms with Crippen LogP contribution in [-0.4, -0.2) is 21.6 Å². The molecule has 0 aliphatic carbocycles. The van der Waals surface area contributed by atoms with Crippen LogP contribution in [0, 0.1) is 6.92 Å². The predicted octanol–water partition coefficient (Wildman–Crippen LogP) is 3.15. The molecule has 0 saturated heterocycles. The van der Waals surface area contributed by atoms with Gasteiger partial charge in [-0.3, -0.25) is 14.3 Å². The van der Waals surface area contributed by atoms with Crippen molar-refractivity contribution < 1.29 is 9.59 Å². The first kappa shape index (κ1) is 15.2. The SMILES string of the molecule is CC(=O)Nc1ccc(NC(=O)c2cc3c(C)nn(C)c3s2)cc1. The fourth-order valence-electron chi connectivity index (χ4n) is 2.35. The Morgan fingerprint density at radius 2 is 1.74 bits per heavy atom. The molecular weight excluding hydrogens is 312 g/mol. The van der Waals surface area contributed by atoms with E-state index in [1.165, 1.54) is 18.3 Å². The van der Waals surface area contributed by atoms with E-state index in [-0.39, 0.29) is 11.8 Å². The van der Waals surface area contributed by atoms with Crippen LogP contribution >= 0.6 is 11.3 Å². The zero-order valence-electron chi connectivity index (χ0n) is 13.0. The van der Waals surface area contributed by atoms with E-state index >= 15 is 0 Å². The fourth-order valence-corrected chi connectivity index (χ4v) is 3.37. The number of nitrogens with zero attached hydrogens (tertiary/aromatic N) is 2. The lowest BCUT2D eigenvalue weighted by atomic mass is 10.2. The molecule has 0 spiro atoms. The molecule has 23 heavy (non-hydrogen) atoms. The summed E-state index contributed by atoms with van der Waals surface area (Å²) in [4.78, 5) is 25.0. The quantitative estimate of drug-likeness (QED) is 0.775. The minimum atomic E-state index is -0.155. The Hall–Kier alpha value is -2.67. The van der Waals surface area contributed by atoms with Crippen LogP contribution in [0.4, 0.5) is 11.4 Å². The normalized spacial score (nSPS) is 10.7. The van der Waals surface area contributed by atoms with Crippen molar-refractivity contribution in [3.63, 3.8) is 0 Å². The van der Waals surface area contributed by atoms with Crippen molar-refractivity contribution in [1.29, 1.82) is 0 Å². The Morgan fingerprint density at radius 3 is 2.30 bits per heavy atom. The van der Waals surface area contributed by atoms with E-state index < -0.39 is 0 Å². The van der Waals surface area contributed by atoms with Gasteiger partial charge in [0.05, 0.1) is 10.6 Å². The Bertz CT molecular complexity index is 858. The summed E-state index contributed by atoms with van der Waals surface area (Å²) in [6.07, 6.45) is 0. The first-order valence-electron chi connectivity index (χ1n) is 7.06. The number of hydrogen-bond donors (Lipinski definition) is 2. The Labute approximate surface area is 137 Å². The number of aryl methyl sites for hydroxylation is 2. The second-order valence-electron chi connectivity index (χ2n) is 5.25. The lowest BCUT2D eigenvalue weighted by Gasteiger charge is -2.06. The second-order valence-corrected chi connectivity index (χ2v) is 6.28. The van der Waals surface area contributed by atoms with Gasteiger partial charge < -0.3 is 10.6 Å². The molecule has 0 fully saturated rings. The first-order chi connectivity index (χ1) is 10.9. The number of nitrogens with one attached hydrogen (secondary N) is 2. The lowest BCUT2D eigenvalue weighted by molar-refractivity contribution is -0.114. The Kier molecular flexibility index (Phi) is 3.87. The van der Waals surface area contributed by atoms with Crippen molar-refractivity contribution in [2.75, 3.05) is 10.6 Å². The van der Waals surface area contributed by atoms with E-state index in [1.807, 2.05) is 20.0 Å². The molecule has 2 heterocycles. The third kappa shape index (κ3) is 3.09. The van der Waals surface area contributed by atoms with Gasteiger partial charge in [0.1, 0.15) is 4.83 Å². The van der Waals surface area contributed by atoms with Crippen LogP contribution in [0.1, 0.15) is 22.3 Å². The number of benzene rings is 1. The molecule has 118 valence electrons. The summed E-state index contributed by atoms with van der Waals surface area (Å²) in [6, 6.07) is 8.86. The number of hydrogen-bond acceptors (Lipinski definition) is 4. The van der Waals surface area contributed by atoms with E-state index in [9.17, 15) is 9.59 Å². The molecular formula is C16H16N4O2S. The highest BCUT2D eigenvalue weighted by atomic mass is 32.1. The van der Waals surface area contributed by atoms with Gasteiger partial charge in [0.25, 0.3) is 5.91 Å². The number of carbonyl (C=O) groups is 2. The summed E-state index contributed by atoms with van der Waals surface area (Å²) in [5.74, 6) is -0.283. The van der Waals surface area contributed by atoms with Crippen LogP contribution in [0.3, 0.4) is 0 Å². The molecule has 2 aromatic heterocycles. The van der Waals surface area contributed by atoms with Crippen molar-refractivity contribution in [3.05, 3.63) is 40.9 Å². The van der Waals surface area contributed by atoms with E-state index in [2.05, 4.69) is 15.7 Å². The zero-order chi connectivity index (χ0) is 16.6. The van der Waals surface area contributed by atoms with E-state index in [4.69, 9.17) is 0 Å². The maximum absolute atomic E-state index is 12.4. The van der Waals surface area contributed by atoms with Crippen LogP contribution in [-0.2, 0) is 11.8 Å². The van der Waals surface area contributed by atoms with E-state index in [0.717, 1.165) is 15.9 Å². The summed E-state index contributed by atoms with van der Waals surface area (Å²) in [7, 11) is 1.87. The third-order valence-corrected chi connectivity index (χ3v) is 4.58. The summed E-state index contributed by atoms with van der Waals surface area (Å²) in [5.41, 5.74) is 2.29. The average Bonchev–Trinajstić information content (AvgIpc) is 3.03. The fraction of sp³-hybridized carbons (Fsp3) is 0.188. The summed E-state index contributed by atoms with van der Waals surface area (Å²) in [5, 5.41) is 10.9. The maximum atomic E-state index is 12.4. The first-order valence-corrected chi connectivity index (χ1v) is 7.88. The van der Waals surface area contributed by atoms with Crippen LogP contribution in [0.2, 0.25) is 0 Å². The molecule has 0 saturated carbocycles. The molecule has 0 unspecified atom stereocenters. The molecule has 0 radical (unpaired) electrons. The van der Waals surface area contributed by atoms with Crippen molar-refractivity contribution in [2.24, 2.45) is 7.05 Å². The van der Waals surface area contributed by atoms with Crippen LogP contribution < -0.4 is 10.6 Å². The summed E-state index contributed by atoms with van der Waals surface area (Å²) < 4.78 is 1.79. The number of aromatic nitrogens is 2. The number of carbonyl (C=O) groups excluding carboxylic acids is 2. The van der Waals surface area contributed by atoms with Gasteiger partial charge >= 0.3 is 0 Å². The third-order valence-electron chi connectivity index (χ3n) is 3.38. The minimum Gasteiger partial charge on any atom is -0.326 e. The van der Waals surface area contributed by atoms with Crippen molar-refractivity contribution in [1.82, 2.24) is 9.78 Å². The maximum Gasteiger partial charge on any atom is 0.265 e. The van der Waals surface area contributed by atoms with Crippen molar-refractivity contribution >= 4 is 44.7 Å². The molecule has 2 N–H and O–H groups in total. The van der Waals surface area contributed by atoms with Gasteiger partial charge in [-0.1, -0.05) is 0 Å². The molecule has 0 aliphatic rings. The lowest BCUT2D eigenvalue weighted by Crippen LogP contribution is -2.10. The number of rotatable bonds is 3. The van der Waals surface area contributed by atoms with Crippen LogP contribution in [0.5, 0.6) is 0 Å². The van der Waals surface area contributed by atoms with Gasteiger partial charge in [0.2, 0.25) is 5.91 Å². The smallest absolute Gasteiger partial charge is 0.265 e. The van der Waals surface area contributed by atoms with Crippen LogP contribution in [0.15, 0.2) is 30.3 Å². The van der Waals surface area contributed by atoms with Gasteiger partial charge in [-0.15, -0.1) is 11.3 Å². The Morgan fingerprint density at radius 1 is 1.13 bits per heavy atom. The molecule has 2 amide bonds. The van der Waals surface area contributed by atoms with Gasteiger partial charge in [-0.25, -0.2) is 0 Å². The number of thiophene rings is 1. The monoisotopic (exact) mass is 328 g/mol. The molecule has 0 aliphatic heterocycles. The van der Waals surface area contributed by atoms with Crippen molar-refractivity contribution in [3.8, 4) is 0 Å². The standard InChI is InChI=1S/C16H16N4O2S/c1-9-13-8-14(23-16(13)20(3)19-9)15(22)18-12-6-4-11(5-7-12)17-10(2)21/h4-8H,1-3H3,(H,17,21)(H,18,22). The average molecular weight is 328 g/mol. The number of anilines is 2. The van der Waals surface area contributed by atoms with Crippen molar-refractivity contribution in [2.45, 2.75) is 13.8 Å². The highest BCUT2D eigenvalue weighted by Gasteiger charge is 2.15. The number of fused-ring (bicyclic) bond motifs is 1. The van der Waals surface area contributed by atoms with E-state index in [1.54, 1.807) is 28.9 Å². The summed E-state index contributed by atoms with van der Waals surface area (Å²) >= 11 is 1.42. The molecule has 7 heteroatoms. The largest absolute Gasteiger partial charge is 0.326 e. The van der Waals surface area contributed by atoms with Crippen LogP contribution in [0.25, 0.3) is 10.2 Å². The molecule has 3 aromatic rings. The highest BCUT2D eigenvalue weighted by Crippen LogP contribution is 2.28. The second kappa shape index (κ2) is 5.85. The predicted molar refractivity (Wildman–Crippen MR) is 92.0 cm³/mol. The zero-order valence-corrected chi connectivity index (χ0v) is 13.8. The summed E-state index contributed by atoms with van der Waals surface area (Å²) in [6.45, 7) is 3.38. The van der Waals surface area contributed by atoms with Gasteiger partial charge in [-0.05, 0) is 37.3 Å². The molecule has 0 bridgehead atoms. The molecule has 0 atom stereocenters. The molecule has 3 rings (SSSR count). The minimum absolute atomic E-state index is 0.129. The molecule has 1 aromatic carbocycles. The van der Waals surface area contributed by atoms with Gasteiger partial charge in [0.15, 0.2) is 0 Å². The topological polar surface area (TPSA) is 76.0 Å². The van der Waals surface area contributed by atoms with E-state index in [0.29, 0.717) is 16.3 Å². The number of amides is 2. The highest BCUT2D eigenvalue weighted by molar-refractivity contribution is 7.20. The van der Waals surface area contributed by atoms with Gasteiger partial charge in [0, 0.05) is 30.7 Å².